The van der Waals surface area contributed by atoms with Crippen LogP contribution < -0.4 is 5.32 Å². The highest BCUT2D eigenvalue weighted by Crippen LogP contribution is 2.23. The first-order valence-electron chi connectivity index (χ1n) is 4.66. The average Bonchev–Trinajstić information content (AvgIpc) is 1.79. The van der Waals surface area contributed by atoms with Gasteiger partial charge in [-0.25, -0.2) is 0 Å². The molecule has 68 valence electrons. The summed E-state index contributed by atoms with van der Waals surface area (Å²) in [6.07, 6.45) is 1.31. The van der Waals surface area contributed by atoms with Crippen molar-refractivity contribution in [1.82, 2.24) is 5.32 Å². The molecule has 1 N–H and O–H groups in total. The van der Waals surface area contributed by atoms with Crippen LogP contribution in [0.4, 0.5) is 0 Å². The van der Waals surface area contributed by atoms with Gasteiger partial charge >= 0.3 is 0 Å². The van der Waals surface area contributed by atoms with Crippen molar-refractivity contribution in [3.05, 3.63) is 0 Å². The molecule has 0 saturated heterocycles. The molecule has 1 atom stereocenters. The number of hydrogen-bond acceptors (Lipinski definition) is 1. The summed E-state index contributed by atoms with van der Waals surface area (Å²) in [5.41, 5.74) is 0.481. The lowest BCUT2D eigenvalue weighted by molar-refractivity contribution is 0.301. The fourth-order valence-corrected chi connectivity index (χ4v) is 1.51. The zero-order valence-corrected chi connectivity index (χ0v) is 8.70. The van der Waals surface area contributed by atoms with E-state index in [0.29, 0.717) is 5.41 Å². The summed E-state index contributed by atoms with van der Waals surface area (Å²) in [6, 6.07) is 0. The summed E-state index contributed by atoms with van der Waals surface area (Å²) in [5.74, 6) is 0.801. The fraction of sp³-hybridized carbons (Fsp3) is 1.00. The van der Waals surface area contributed by atoms with Crippen molar-refractivity contribution in [2.45, 2.75) is 41.0 Å². The third kappa shape index (κ3) is 7.86. The van der Waals surface area contributed by atoms with Crippen molar-refractivity contribution in [3.63, 3.8) is 0 Å². The molecule has 0 bridgehead atoms. The van der Waals surface area contributed by atoms with E-state index in [2.05, 4.69) is 39.9 Å². The van der Waals surface area contributed by atoms with Crippen LogP contribution in [0, 0.1) is 11.3 Å². The molecular weight excluding hydrogens is 134 g/mol. The summed E-state index contributed by atoms with van der Waals surface area (Å²) in [4.78, 5) is 0. The highest BCUT2D eigenvalue weighted by Gasteiger charge is 2.14. The molecule has 0 amide bonds. The zero-order valence-electron chi connectivity index (χ0n) is 8.70. The first-order chi connectivity index (χ1) is 4.95. The Hall–Kier alpha value is -0.0400. The predicted molar refractivity (Wildman–Crippen MR) is 51.8 cm³/mol. The topological polar surface area (TPSA) is 12.0 Å². The van der Waals surface area contributed by atoms with Gasteiger partial charge in [0.25, 0.3) is 0 Å². The Morgan fingerprint density at radius 1 is 1.27 bits per heavy atom. The number of hydrogen-bond donors (Lipinski definition) is 1. The van der Waals surface area contributed by atoms with E-state index in [9.17, 15) is 0 Å². The van der Waals surface area contributed by atoms with Crippen LogP contribution in [-0.2, 0) is 0 Å². The van der Waals surface area contributed by atoms with Gasteiger partial charge in [0.15, 0.2) is 0 Å². The maximum absolute atomic E-state index is 3.37. The molecule has 0 saturated carbocycles. The second-order valence-corrected chi connectivity index (χ2v) is 4.68. The van der Waals surface area contributed by atoms with Crippen LogP contribution >= 0.6 is 0 Å². The molecule has 0 aliphatic carbocycles. The van der Waals surface area contributed by atoms with E-state index in [1.165, 1.54) is 6.42 Å². The van der Waals surface area contributed by atoms with E-state index in [1.54, 1.807) is 0 Å². The maximum atomic E-state index is 3.37. The van der Waals surface area contributed by atoms with Crippen molar-refractivity contribution < 1.29 is 0 Å². The van der Waals surface area contributed by atoms with Crippen molar-refractivity contribution in [3.8, 4) is 0 Å². The lowest BCUT2D eigenvalue weighted by Crippen LogP contribution is -2.23. The molecule has 0 aromatic rings. The summed E-state index contributed by atoms with van der Waals surface area (Å²) >= 11 is 0. The minimum atomic E-state index is 0.481. The molecule has 0 spiro atoms. The van der Waals surface area contributed by atoms with Crippen LogP contribution in [0.15, 0.2) is 0 Å². The van der Waals surface area contributed by atoms with Gasteiger partial charge in [0.2, 0.25) is 0 Å². The molecule has 1 nitrogen and oxygen atoms in total. The van der Waals surface area contributed by atoms with Gasteiger partial charge < -0.3 is 5.32 Å². The van der Waals surface area contributed by atoms with E-state index in [1.807, 2.05) is 0 Å². The van der Waals surface area contributed by atoms with Crippen LogP contribution in [0.25, 0.3) is 0 Å². The fourth-order valence-electron chi connectivity index (χ4n) is 1.51. The van der Waals surface area contributed by atoms with E-state index in [0.717, 1.165) is 19.0 Å². The third-order valence-corrected chi connectivity index (χ3v) is 1.70. The largest absolute Gasteiger partial charge is 0.317 e. The van der Waals surface area contributed by atoms with Crippen molar-refractivity contribution in [1.29, 1.82) is 0 Å². The molecule has 0 rings (SSSR count). The molecule has 0 radical (unpaired) electrons. The minimum Gasteiger partial charge on any atom is -0.317 e. The average molecular weight is 157 g/mol. The Morgan fingerprint density at radius 2 is 1.82 bits per heavy atom. The summed E-state index contributed by atoms with van der Waals surface area (Å²) in [6.45, 7) is 13.6. The Bertz CT molecular complexity index is 91.5. The standard InChI is InChI=1S/C10H23N/c1-6-11-8-9(2)7-10(3,4)5/h9,11H,6-8H2,1-5H3. The Morgan fingerprint density at radius 3 is 2.18 bits per heavy atom. The highest BCUT2D eigenvalue weighted by atomic mass is 14.8. The van der Waals surface area contributed by atoms with Gasteiger partial charge in [-0.2, -0.15) is 0 Å². The van der Waals surface area contributed by atoms with Gasteiger partial charge in [-0.1, -0.05) is 34.6 Å². The molecule has 0 aromatic carbocycles. The molecule has 0 fully saturated rings. The second kappa shape index (κ2) is 4.76. The maximum Gasteiger partial charge on any atom is -0.00231 e. The zero-order chi connectivity index (χ0) is 8.91. The van der Waals surface area contributed by atoms with Crippen LogP contribution in [0.3, 0.4) is 0 Å². The van der Waals surface area contributed by atoms with Crippen molar-refractivity contribution >= 4 is 0 Å². The normalized spacial score (nSPS) is 15.0. The van der Waals surface area contributed by atoms with Crippen molar-refractivity contribution in [2.75, 3.05) is 13.1 Å². The summed E-state index contributed by atoms with van der Waals surface area (Å²) < 4.78 is 0. The highest BCUT2D eigenvalue weighted by molar-refractivity contribution is 4.67. The summed E-state index contributed by atoms with van der Waals surface area (Å²) in [5, 5.41) is 3.37. The third-order valence-electron chi connectivity index (χ3n) is 1.70. The van der Waals surface area contributed by atoms with E-state index < -0.39 is 0 Å². The minimum absolute atomic E-state index is 0.481. The predicted octanol–water partition coefficient (Wildman–Crippen LogP) is 2.67. The summed E-state index contributed by atoms with van der Waals surface area (Å²) in [7, 11) is 0. The first-order valence-corrected chi connectivity index (χ1v) is 4.66. The molecule has 0 heterocycles. The van der Waals surface area contributed by atoms with Gasteiger partial charge in [-0.15, -0.1) is 0 Å². The van der Waals surface area contributed by atoms with Gasteiger partial charge in [-0.05, 0) is 30.8 Å². The molecule has 0 aromatic heterocycles. The smallest absolute Gasteiger partial charge is 0.00231 e. The Balaban J connectivity index is 3.44. The monoisotopic (exact) mass is 157 g/mol. The quantitative estimate of drug-likeness (QED) is 0.661. The van der Waals surface area contributed by atoms with Crippen LogP contribution in [0.2, 0.25) is 0 Å². The van der Waals surface area contributed by atoms with Crippen LogP contribution in [-0.4, -0.2) is 13.1 Å². The first kappa shape index (κ1) is 11.0. The molecule has 0 aliphatic heterocycles. The molecule has 1 unspecified atom stereocenters. The molecular formula is C10H23N. The van der Waals surface area contributed by atoms with Gasteiger partial charge in [0.05, 0.1) is 0 Å². The molecule has 1 heteroatoms. The van der Waals surface area contributed by atoms with Gasteiger partial charge in [0, 0.05) is 0 Å². The van der Waals surface area contributed by atoms with E-state index in [-0.39, 0.29) is 0 Å². The number of nitrogens with one attached hydrogen (secondary N) is 1. The Kier molecular flexibility index (Phi) is 4.74. The molecule has 11 heavy (non-hydrogen) atoms. The van der Waals surface area contributed by atoms with Crippen molar-refractivity contribution in [2.24, 2.45) is 11.3 Å². The van der Waals surface area contributed by atoms with Gasteiger partial charge in [0.1, 0.15) is 0 Å². The lowest BCUT2D eigenvalue weighted by atomic mass is 9.85. The number of rotatable bonds is 4. The Labute approximate surface area is 71.6 Å². The van der Waals surface area contributed by atoms with Crippen LogP contribution in [0.5, 0.6) is 0 Å². The lowest BCUT2D eigenvalue weighted by Gasteiger charge is -2.23. The van der Waals surface area contributed by atoms with Crippen LogP contribution in [0.1, 0.15) is 41.0 Å². The van der Waals surface area contributed by atoms with E-state index in [4.69, 9.17) is 0 Å². The van der Waals surface area contributed by atoms with E-state index >= 15 is 0 Å². The van der Waals surface area contributed by atoms with Gasteiger partial charge in [-0.3, -0.25) is 0 Å². The SMILES string of the molecule is CCNCC(C)CC(C)(C)C. The second-order valence-electron chi connectivity index (χ2n) is 4.68. The molecule has 0 aliphatic rings.